The average molecular weight is 363 g/mol. The Labute approximate surface area is 159 Å². The zero-order chi connectivity index (χ0) is 20.6. The molecule has 0 saturated carbocycles. The molecule has 0 aliphatic rings. The second-order valence-electron chi connectivity index (χ2n) is 11.1. The smallest absolute Gasteiger partial charge is 0.145 e. The third kappa shape index (κ3) is 5.72. The van der Waals surface area contributed by atoms with Crippen molar-refractivity contribution in [3.8, 4) is 0 Å². The van der Waals surface area contributed by atoms with Crippen LogP contribution in [0.1, 0.15) is 106 Å². The molecule has 0 amide bonds. The summed E-state index contributed by atoms with van der Waals surface area (Å²) in [5.74, 6) is 1.00. The molecule has 4 nitrogen and oxygen atoms in total. The van der Waals surface area contributed by atoms with Crippen molar-refractivity contribution in [3.05, 3.63) is 35.0 Å². The van der Waals surface area contributed by atoms with Crippen LogP contribution in [0, 0.1) is 0 Å². The van der Waals surface area contributed by atoms with Gasteiger partial charge in [0.2, 0.25) is 0 Å². The molecule has 2 aromatic heterocycles. The highest BCUT2D eigenvalue weighted by atomic mass is 16.5. The second kappa shape index (κ2) is 7.21. The van der Waals surface area contributed by atoms with Crippen molar-refractivity contribution in [1.82, 2.24) is 10.3 Å². The zero-order valence-corrected chi connectivity index (χ0v) is 18.9. The molecule has 0 aliphatic carbocycles. The first-order valence-electron chi connectivity index (χ1n) is 9.36. The maximum absolute atomic E-state index is 5.31. The zero-order valence-electron chi connectivity index (χ0n) is 18.9. The van der Waals surface area contributed by atoms with E-state index in [1.54, 1.807) is 6.26 Å². The quantitative estimate of drug-likeness (QED) is 0.534. The summed E-state index contributed by atoms with van der Waals surface area (Å²) in [7, 11) is 0. The molecule has 2 heterocycles. The van der Waals surface area contributed by atoms with Crippen LogP contribution in [0.25, 0.3) is 0 Å². The van der Waals surface area contributed by atoms with Crippen molar-refractivity contribution >= 4 is 0 Å². The van der Waals surface area contributed by atoms with Gasteiger partial charge in [0.1, 0.15) is 12.0 Å². The Bertz CT molecular complexity index is 577. The fraction of sp³-hybridized carbons (Fsp3) is 0.727. The Morgan fingerprint density at radius 3 is 1.46 bits per heavy atom. The van der Waals surface area contributed by atoms with E-state index in [0.29, 0.717) is 0 Å². The van der Waals surface area contributed by atoms with Gasteiger partial charge >= 0.3 is 0 Å². The van der Waals surface area contributed by atoms with Crippen molar-refractivity contribution in [2.45, 2.75) is 105 Å². The second-order valence-corrected chi connectivity index (χ2v) is 11.1. The first-order valence-corrected chi connectivity index (χ1v) is 9.36. The number of aromatic nitrogens is 2. The van der Waals surface area contributed by atoms with E-state index >= 15 is 0 Å². The number of hydrogen-bond donors (Lipinski definition) is 0. The van der Waals surface area contributed by atoms with Crippen molar-refractivity contribution in [2.24, 2.45) is 0 Å². The lowest BCUT2D eigenvalue weighted by molar-refractivity contribution is 0.322. The fourth-order valence-electron chi connectivity index (χ4n) is 2.62. The summed E-state index contributed by atoms with van der Waals surface area (Å²) in [5.41, 5.74) is 3.82. The number of nitrogens with zero attached hydrogens (tertiary/aromatic N) is 2. The summed E-state index contributed by atoms with van der Waals surface area (Å²) in [6, 6.07) is 0. The van der Waals surface area contributed by atoms with Crippen LogP contribution in [-0.4, -0.2) is 10.3 Å². The SMILES string of the molecule is CC(C)(C)c1cnoc1C(C)(C)C.CC(C)(C)c1conc1C(C)(C)C. The molecule has 0 bridgehead atoms. The molecule has 0 unspecified atom stereocenters. The molecular weight excluding hydrogens is 324 g/mol. The van der Waals surface area contributed by atoms with E-state index in [1.807, 2.05) is 6.20 Å². The molecule has 0 atom stereocenters. The van der Waals surface area contributed by atoms with Gasteiger partial charge in [0.15, 0.2) is 0 Å². The summed E-state index contributed by atoms with van der Waals surface area (Å²) in [4.78, 5) is 0. The molecular formula is C22H38N2O2. The Hall–Kier alpha value is -1.58. The Morgan fingerprint density at radius 1 is 0.654 bits per heavy atom. The van der Waals surface area contributed by atoms with Crippen molar-refractivity contribution in [2.75, 3.05) is 0 Å². The summed E-state index contributed by atoms with van der Waals surface area (Å²) in [5, 5.41) is 7.96. The first-order chi connectivity index (χ1) is 11.5. The monoisotopic (exact) mass is 362 g/mol. The van der Waals surface area contributed by atoms with E-state index in [9.17, 15) is 0 Å². The Balaban J connectivity index is 0.000000260. The van der Waals surface area contributed by atoms with E-state index in [2.05, 4.69) is 93.4 Å². The summed E-state index contributed by atoms with van der Waals surface area (Å²) < 4.78 is 10.4. The highest BCUT2D eigenvalue weighted by Gasteiger charge is 2.29. The molecule has 0 saturated heterocycles. The maximum atomic E-state index is 5.31. The Morgan fingerprint density at radius 2 is 1.15 bits per heavy atom. The van der Waals surface area contributed by atoms with Gasteiger partial charge in [-0.1, -0.05) is 93.4 Å². The number of hydrogen-bond acceptors (Lipinski definition) is 4. The largest absolute Gasteiger partial charge is 0.364 e. The fourth-order valence-corrected chi connectivity index (χ4v) is 2.62. The van der Waals surface area contributed by atoms with E-state index in [4.69, 9.17) is 9.05 Å². The van der Waals surface area contributed by atoms with Gasteiger partial charge in [0, 0.05) is 22.0 Å². The lowest BCUT2D eigenvalue weighted by Crippen LogP contribution is -2.20. The van der Waals surface area contributed by atoms with Gasteiger partial charge < -0.3 is 9.05 Å². The van der Waals surface area contributed by atoms with E-state index < -0.39 is 0 Å². The third-order valence-corrected chi connectivity index (χ3v) is 4.15. The van der Waals surface area contributed by atoms with Gasteiger partial charge in [-0.05, 0) is 10.8 Å². The van der Waals surface area contributed by atoms with Gasteiger partial charge in [0.25, 0.3) is 0 Å². The minimum absolute atomic E-state index is 0.0408. The predicted octanol–water partition coefficient (Wildman–Crippen LogP) is 6.54. The molecule has 0 aromatic carbocycles. The van der Waals surface area contributed by atoms with Crippen molar-refractivity contribution in [1.29, 1.82) is 0 Å². The molecule has 0 radical (unpaired) electrons. The van der Waals surface area contributed by atoms with Crippen LogP contribution in [0.5, 0.6) is 0 Å². The summed E-state index contributed by atoms with van der Waals surface area (Å²) >= 11 is 0. The number of rotatable bonds is 0. The van der Waals surface area contributed by atoms with E-state index in [0.717, 1.165) is 11.5 Å². The third-order valence-electron chi connectivity index (χ3n) is 4.15. The molecule has 0 N–H and O–H groups in total. The van der Waals surface area contributed by atoms with Gasteiger partial charge in [-0.25, -0.2) is 0 Å². The molecule has 4 heteroatoms. The van der Waals surface area contributed by atoms with Gasteiger partial charge in [-0.2, -0.15) is 0 Å². The van der Waals surface area contributed by atoms with E-state index in [1.165, 1.54) is 11.1 Å². The minimum Gasteiger partial charge on any atom is -0.364 e. The minimum atomic E-state index is 0.0408. The average Bonchev–Trinajstić information content (AvgIpc) is 3.06. The van der Waals surface area contributed by atoms with Crippen LogP contribution >= 0.6 is 0 Å². The summed E-state index contributed by atoms with van der Waals surface area (Å²) in [6.45, 7) is 25.9. The van der Waals surface area contributed by atoms with Crippen LogP contribution in [-0.2, 0) is 21.7 Å². The van der Waals surface area contributed by atoms with Crippen molar-refractivity contribution in [3.63, 3.8) is 0 Å². The van der Waals surface area contributed by atoms with Crippen LogP contribution in [0.2, 0.25) is 0 Å². The molecule has 0 spiro atoms. The topological polar surface area (TPSA) is 52.1 Å². The molecule has 26 heavy (non-hydrogen) atoms. The van der Waals surface area contributed by atoms with Crippen molar-refractivity contribution < 1.29 is 9.05 Å². The molecule has 148 valence electrons. The van der Waals surface area contributed by atoms with Gasteiger partial charge in [0.05, 0.1) is 11.9 Å². The molecule has 0 aliphatic heterocycles. The molecule has 2 aromatic rings. The highest BCUT2D eigenvalue weighted by molar-refractivity contribution is 5.28. The first kappa shape index (κ1) is 22.5. The standard InChI is InChI=1S/2C11H19NO/c1-10(2,3)8-7-13-12-9(8)11(4,5)6;1-10(2,3)8-7-12-13-9(8)11(4,5)6/h2*7H,1-6H3. The lowest BCUT2D eigenvalue weighted by Gasteiger charge is -2.23. The van der Waals surface area contributed by atoms with Crippen LogP contribution in [0.3, 0.4) is 0 Å². The van der Waals surface area contributed by atoms with Crippen LogP contribution < -0.4 is 0 Å². The Kier molecular flexibility index (Phi) is 6.22. The van der Waals surface area contributed by atoms with Crippen LogP contribution in [0.15, 0.2) is 21.5 Å². The van der Waals surface area contributed by atoms with Gasteiger partial charge in [-0.3, -0.25) is 0 Å². The normalized spacial score (nSPS) is 13.4. The maximum Gasteiger partial charge on any atom is 0.145 e. The molecule has 0 fully saturated rings. The predicted molar refractivity (Wildman–Crippen MR) is 108 cm³/mol. The lowest BCUT2D eigenvalue weighted by atomic mass is 9.80. The molecule has 2 rings (SSSR count). The highest BCUT2D eigenvalue weighted by Crippen LogP contribution is 2.33. The van der Waals surface area contributed by atoms with Gasteiger partial charge in [-0.15, -0.1) is 0 Å². The van der Waals surface area contributed by atoms with E-state index in [-0.39, 0.29) is 21.7 Å². The van der Waals surface area contributed by atoms with Crippen LogP contribution in [0.4, 0.5) is 0 Å². The summed E-state index contributed by atoms with van der Waals surface area (Å²) in [6.07, 6.45) is 3.60.